The molecular weight excluding hydrogens is 244 g/mol. The lowest BCUT2D eigenvalue weighted by molar-refractivity contribution is -0.148. The lowest BCUT2D eigenvalue weighted by Crippen LogP contribution is -2.44. The number of ether oxygens (including phenoxy) is 2. The predicted molar refractivity (Wildman–Crippen MR) is 65.9 cm³/mol. The summed E-state index contributed by atoms with van der Waals surface area (Å²) >= 11 is 0. The van der Waals surface area contributed by atoms with Crippen LogP contribution in [0.4, 0.5) is 0 Å². The van der Waals surface area contributed by atoms with Crippen LogP contribution < -0.4 is 0 Å². The molecular formula is C15H16O4. The maximum atomic E-state index is 12.2. The van der Waals surface area contributed by atoms with Crippen molar-refractivity contribution in [2.45, 2.75) is 32.3 Å². The van der Waals surface area contributed by atoms with Crippen LogP contribution in [0.1, 0.15) is 26.2 Å². The highest BCUT2D eigenvalue weighted by molar-refractivity contribution is 5.86. The number of fused-ring (bicyclic) bond motifs is 2. The summed E-state index contributed by atoms with van der Waals surface area (Å²) in [5, 5.41) is 0. The summed E-state index contributed by atoms with van der Waals surface area (Å²) in [5.74, 6) is 0.122. The van der Waals surface area contributed by atoms with Gasteiger partial charge in [-0.1, -0.05) is 6.42 Å². The van der Waals surface area contributed by atoms with Gasteiger partial charge in [0.15, 0.2) is 0 Å². The number of hydrogen-bond acceptors (Lipinski definition) is 4. The van der Waals surface area contributed by atoms with E-state index in [9.17, 15) is 9.59 Å². The molecule has 0 spiro atoms. The van der Waals surface area contributed by atoms with E-state index in [0.29, 0.717) is 6.61 Å². The standard InChI is InChI=1S/C15H16O4/c1-15-4-2-3-9-10-6-12(16)18-7-8(10)5-11(13(9)15)19-14(15)17/h5-6,9,11,13H,2-4,7H2,1H3. The second-order valence-corrected chi connectivity index (χ2v) is 6.21. The van der Waals surface area contributed by atoms with E-state index in [-0.39, 0.29) is 35.3 Å². The minimum absolute atomic E-state index is 0.0736. The molecule has 2 aliphatic heterocycles. The Balaban J connectivity index is 1.86. The third-order valence-corrected chi connectivity index (χ3v) is 5.22. The van der Waals surface area contributed by atoms with E-state index in [0.717, 1.165) is 30.4 Å². The van der Waals surface area contributed by atoms with Gasteiger partial charge in [-0.05, 0) is 42.9 Å². The van der Waals surface area contributed by atoms with Crippen molar-refractivity contribution in [2.75, 3.05) is 6.61 Å². The first-order valence-corrected chi connectivity index (χ1v) is 6.90. The van der Waals surface area contributed by atoms with Crippen LogP contribution in [-0.2, 0) is 19.1 Å². The maximum Gasteiger partial charge on any atom is 0.331 e. The Bertz CT molecular complexity index is 544. The van der Waals surface area contributed by atoms with E-state index >= 15 is 0 Å². The molecule has 4 atom stereocenters. The molecule has 4 nitrogen and oxygen atoms in total. The van der Waals surface area contributed by atoms with E-state index in [4.69, 9.17) is 9.47 Å². The molecule has 4 unspecified atom stereocenters. The van der Waals surface area contributed by atoms with E-state index in [2.05, 4.69) is 0 Å². The molecule has 0 amide bonds. The monoisotopic (exact) mass is 260 g/mol. The molecule has 4 rings (SSSR count). The van der Waals surface area contributed by atoms with Gasteiger partial charge in [-0.2, -0.15) is 0 Å². The normalized spacial score (nSPS) is 43.5. The zero-order valence-electron chi connectivity index (χ0n) is 10.8. The highest BCUT2D eigenvalue weighted by Gasteiger charge is 2.60. The summed E-state index contributed by atoms with van der Waals surface area (Å²) in [5.41, 5.74) is 1.74. The van der Waals surface area contributed by atoms with Gasteiger partial charge < -0.3 is 9.47 Å². The summed E-state index contributed by atoms with van der Waals surface area (Å²) in [6.07, 6.45) is 6.42. The van der Waals surface area contributed by atoms with Crippen LogP contribution in [0.2, 0.25) is 0 Å². The van der Waals surface area contributed by atoms with Crippen molar-refractivity contribution in [3.05, 3.63) is 23.3 Å². The zero-order valence-corrected chi connectivity index (χ0v) is 10.8. The van der Waals surface area contributed by atoms with E-state index in [1.807, 2.05) is 13.0 Å². The fraction of sp³-hybridized carbons (Fsp3) is 0.600. The largest absolute Gasteiger partial charge is 0.458 e. The lowest BCUT2D eigenvalue weighted by Gasteiger charge is -2.44. The van der Waals surface area contributed by atoms with Gasteiger partial charge in [-0.15, -0.1) is 0 Å². The number of carbonyl (C=O) groups is 2. The summed E-state index contributed by atoms with van der Waals surface area (Å²) < 4.78 is 10.6. The van der Waals surface area contributed by atoms with Crippen molar-refractivity contribution in [2.24, 2.45) is 17.3 Å². The molecule has 0 aromatic heterocycles. The predicted octanol–water partition coefficient (Wildman–Crippen LogP) is 1.76. The van der Waals surface area contributed by atoms with Crippen LogP contribution >= 0.6 is 0 Å². The molecule has 2 heterocycles. The van der Waals surface area contributed by atoms with Crippen LogP contribution in [0.25, 0.3) is 0 Å². The zero-order chi connectivity index (χ0) is 13.2. The first kappa shape index (κ1) is 11.3. The van der Waals surface area contributed by atoms with E-state index in [1.54, 1.807) is 6.08 Å². The smallest absolute Gasteiger partial charge is 0.331 e. The van der Waals surface area contributed by atoms with Crippen LogP contribution in [0.15, 0.2) is 23.3 Å². The average molecular weight is 260 g/mol. The minimum Gasteiger partial charge on any atom is -0.458 e. The highest BCUT2D eigenvalue weighted by atomic mass is 16.6. The highest BCUT2D eigenvalue weighted by Crippen LogP contribution is 2.57. The molecule has 2 aliphatic carbocycles. The van der Waals surface area contributed by atoms with Gasteiger partial charge in [0, 0.05) is 12.0 Å². The number of hydrogen-bond donors (Lipinski definition) is 0. The molecule has 19 heavy (non-hydrogen) atoms. The van der Waals surface area contributed by atoms with Gasteiger partial charge in [0.1, 0.15) is 12.7 Å². The van der Waals surface area contributed by atoms with Crippen LogP contribution in [0.3, 0.4) is 0 Å². The van der Waals surface area contributed by atoms with Crippen molar-refractivity contribution in [3.63, 3.8) is 0 Å². The fourth-order valence-electron chi connectivity index (χ4n) is 4.31. The first-order valence-electron chi connectivity index (χ1n) is 6.90. The maximum absolute atomic E-state index is 12.2. The summed E-state index contributed by atoms with van der Waals surface area (Å²) in [6.45, 7) is 2.34. The van der Waals surface area contributed by atoms with Gasteiger partial charge in [0.2, 0.25) is 0 Å². The summed E-state index contributed by atoms with van der Waals surface area (Å²) in [6, 6.07) is 0. The summed E-state index contributed by atoms with van der Waals surface area (Å²) in [4.78, 5) is 23.7. The van der Waals surface area contributed by atoms with Gasteiger partial charge in [-0.25, -0.2) is 4.79 Å². The Labute approximate surface area is 111 Å². The fourth-order valence-corrected chi connectivity index (χ4v) is 4.31. The van der Waals surface area contributed by atoms with Crippen LogP contribution in [-0.4, -0.2) is 24.6 Å². The van der Waals surface area contributed by atoms with Crippen molar-refractivity contribution in [3.8, 4) is 0 Å². The van der Waals surface area contributed by atoms with E-state index in [1.165, 1.54) is 0 Å². The van der Waals surface area contributed by atoms with Crippen LogP contribution in [0, 0.1) is 17.3 Å². The number of cyclic esters (lactones) is 1. The molecule has 0 aromatic carbocycles. The molecule has 1 saturated heterocycles. The first-order chi connectivity index (χ1) is 9.09. The van der Waals surface area contributed by atoms with E-state index < -0.39 is 0 Å². The Hall–Kier alpha value is -1.58. The SMILES string of the molecule is CC12CCCC3C4=CC(=O)OCC4=CC(OC1=O)C32. The number of esters is 2. The van der Waals surface area contributed by atoms with Crippen LogP contribution in [0.5, 0.6) is 0 Å². The molecule has 4 heteroatoms. The minimum atomic E-state index is -0.377. The quantitative estimate of drug-likeness (QED) is 0.623. The topological polar surface area (TPSA) is 52.6 Å². The third-order valence-electron chi connectivity index (χ3n) is 5.22. The molecule has 0 radical (unpaired) electrons. The van der Waals surface area contributed by atoms with Gasteiger partial charge in [0.25, 0.3) is 0 Å². The second-order valence-electron chi connectivity index (χ2n) is 6.21. The number of rotatable bonds is 0. The molecule has 100 valence electrons. The molecule has 2 fully saturated rings. The lowest BCUT2D eigenvalue weighted by atomic mass is 9.57. The Morgan fingerprint density at radius 3 is 3.05 bits per heavy atom. The Kier molecular flexibility index (Phi) is 2.07. The van der Waals surface area contributed by atoms with Crippen molar-refractivity contribution in [1.82, 2.24) is 0 Å². The molecule has 1 saturated carbocycles. The molecule has 0 aromatic rings. The number of carbonyl (C=O) groups excluding carboxylic acids is 2. The Morgan fingerprint density at radius 2 is 2.21 bits per heavy atom. The summed E-state index contributed by atoms with van der Waals surface area (Å²) in [7, 11) is 0. The third kappa shape index (κ3) is 1.34. The molecule has 0 bridgehead atoms. The van der Waals surface area contributed by atoms with Crippen molar-refractivity contribution >= 4 is 11.9 Å². The Morgan fingerprint density at radius 1 is 1.37 bits per heavy atom. The van der Waals surface area contributed by atoms with Gasteiger partial charge >= 0.3 is 11.9 Å². The van der Waals surface area contributed by atoms with Crippen molar-refractivity contribution in [1.29, 1.82) is 0 Å². The van der Waals surface area contributed by atoms with Crippen molar-refractivity contribution < 1.29 is 19.1 Å². The average Bonchev–Trinajstić information content (AvgIpc) is 2.64. The molecule has 4 aliphatic rings. The van der Waals surface area contributed by atoms with Gasteiger partial charge in [0.05, 0.1) is 5.41 Å². The second kappa shape index (κ2) is 3.50. The molecule has 0 N–H and O–H groups in total. The van der Waals surface area contributed by atoms with Gasteiger partial charge in [-0.3, -0.25) is 4.79 Å².